The lowest BCUT2D eigenvalue weighted by Crippen LogP contribution is -2.15. The minimum atomic E-state index is -0.337. The van der Waals surface area contributed by atoms with Gasteiger partial charge in [-0.1, -0.05) is 33.2 Å². The van der Waals surface area contributed by atoms with Crippen molar-refractivity contribution in [3.8, 4) is 11.4 Å². The van der Waals surface area contributed by atoms with Crippen molar-refractivity contribution >= 4 is 15.9 Å². The zero-order valence-electron chi connectivity index (χ0n) is 9.51. The van der Waals surface area contributed by atoms with Gasteiger partial charge in [-0.15, -0.1) is 0 Å². The summed E-state index contributed by atoms with van der Waals surface area (Å²) >= 11 is 3.41. The molecule has 6 heteroatoms. The largest absolute Gasteiger partial charge is 0.392 e. The topological polar surface area (TPSA) is 71.2 Å². The molecule has 0 radical (unpaired) electrons. The summed E-state index contributed by atoms with van der Waals surface area (Å²) in [5.41, 5.74) is 0.901. The van der Waals surface area contributed by atoms with Crippen molar-refractivity contribution in [3.63, 3.8) is 0 Å². The number of hydrogen-bond acceptors (Lipinski definition) is 5. The number of halogens is 1. The summed E-state index contributed by atoms with van der Waals surface area (Å²) in [6.07, 6.45) is 0.274. The van der Waals surface area contributed by atoms with E-state index in [0.717, 1.165) is 10.0 Å². The van der Waals surface area contributed by atoms with Crippen molar-refractivity contribution in [2.24, 2.45) is 0 Å². The van der Waals surface area contributed by atoms with E-state index in [2.05, 4.69) is 31.4 Å². The molecular weight excluding hydrogens is 298 g/mol. The minimum Gasteiger partial charge on any atom is -0.392 e. The van der Waals surface area contributed by atoms with Gasteiger partial charge in [-0.25, -0.2) is 0 Å². The average molecular weight is 310 g/mol. The Morgan fingerprint density at radius 2 is 2.33 bits per heavy atom. The molecule has 0 spiro atoms. The van der Waals surface area contributed by atoms with Crippen molar-refractivity contribution in [3.05, 3.63) is 34.6 Å². The fourth-order valence-electron chi connectivity index (χ4n) is 2.03. The summed E-state index contributed by atoms with van der Waals surface area (Å²) in [5.74, 6) is 1.09. The van der Waals surface area contributed by atoms with E-state index in [9.17, 15) is 5.11 Å². The maximum absolute atomic E-state index is 9.46. The smallest absolute Gasteiger partial charge is 0.244 e. The number of rotatable bonds is 2. The second kappa shape index (κ2) is 4.79. The van der Waals surface area contributed by atoms with Gasteiger partial charge in [0.1, 0.15) is 0 Å². The quantitative estimate of drug-likeness (QED) is 0.886. The normalized spacial score (nSPS) is 23.4. The Balaban J connectivity index is 1.85. The van der Waals surface area contributed by atoms with Crippen LogP contribution in [0.3, 0.4) is 0 Å². The highest BCUT2D eigenvalue weighted by molar-refractivity contribution is 9.10. The van der Waals surface area contributed by atoms with Crippen LogP contribution in [0.5, 0.6) is 0 Å². The molecule has 2 N–H and O–H groups in total. The summed E-state index contributed by atoms with van der Waals surface area (Å²) in [7, 11) is 0. The van der Waals surface area contributed by atoms with Crippen LogP contribution >= 0.6 is 15.9 Å². The number of aliphatic hydroxyl groups excluding tert-OH is 1. The van der Waals surface area contributed by atoms with E-state index in [1.54, 1.807) is 0 Å². The number of hydrogen-bond donors (Lipinski definition) is 2. The Bertz CT molecular complexity index is 558. The highest BCUT2D eigenvalue weighted by Gasteiger charge is 2.28. The summed E-state index contributed by atoms with van der Waals surface area (Å²) in [6, 6.07) is 7.68. The molecule has 2 heterocycles. The molecule has 0 bridgehead atoms. The van der Waals surface area contributed by atoms with Crippen LogP contribution in [0, 0.1) is 0 Å². The number of nitrogens with one attached hydrogen (secondary N) is 1. The van der Waals surface area contributed by atoms with Crippen LogP contribution in [0.4, 0.5) is 0 Å². The van der Waals surface area contributed by atoms with Gasteiger partial charge in [-0.3, -0.25) is 0 Å². The third-order valence-electron chi connectivity index (χ3n) is 2.93. The predicted molar refractivity (Wildman–Crippen MR) is 68.8 cm³/mol. The second-order valence-electron chi connectivity index (χ2n) is 4.32. The van der Waals surface area contributed by atoms with E-state index in [1.807, 2.05) is 24.3 Å². The number of benzene rings is 1. The summed E-state index contributed by atoms with van der Waals surface area (Å²) in [5, 5.41) is 16.6. The molecule has 1 aliphatic rings. The number of nitrogens with zero attached hydrogens (tertiary/aromatic N) is 2. The van der Waals surface area contributed by atoms with Gasteiger partial charge in [-0.05, 0) is 18.6 Å². The molecule has 1 aromatic heterocycles. The molecule has 1 fully saturated rings. The summed E-state index contributed by atoms with van der Waals surface area (Å²) in [4.78, 5) is 4.37. The maximum Gasteiger partial charge on any atom is 0.244 e. The molecule has 5 nitrogen and oxygen atoms in total. The highest BCUT2D eigenvalue weighted by atomic mass is 79.9. The zero-order valence-corrected chi connectivity index (χ0v) is 11.1. The molecule has 0 amide bonds. The van der Waals surface area contributed by atoms with Crippen LogP contribution in [-0.2, 0) is 0 Å². The van der Waals surface area contributed by atoms with Gasteiger partial charge in [-0.2, -0.15) is 4.98 Å². The van der Waals surface area contributed by atoms with E-state index >= 15 is 0 Å². The summed E-state index contributed by atoms with van der Waals surface area (Å²) < 4.78 is 6.21. The van der Waals surface area contributed by atoms with Crippen LogP contribution in [0.1, 0.15) is 18.4 Å². The molecule has 0 saturated carbocycles. The molecule has 18 heavy (non-hydrogen) atoms. The van der Waals surface area contributed by atoms with Gasteiger partial charge in [0.05, 0.1) is 12.1 Å². The second-order valence-corrected chi connectivity index (χ2v) is 5.23. The van der Waals surface area contributed by atoms with Crippen LogP contribution in [-0.4, -0.2) is 27.9 Å². The van der Waals surface area contributed by atoms with Gasteiger partial charge in [0.2, 0.25) is 11.7 Å². The van der Waals surface area contributed by atoms with E-state index < -0.39 is 0 Å². The lowest BCUT2D eigenvalue weighted by molar-refractivity contribution is 0.191. The Kier molecular flexibility index (Phi) is 3.15. The van der Waals surface area contributed by atoms with Crippen molar-refractivity contribution in [2.75, 3.05) is 6.54 Å². The van der Waals surface area contributed by atoms with Gasteiger partial charge >= 0.3 is 0 Å². The monoisotopic (exact) mass is 309 g/mol. The standard InChI is InChI=1S/C12H12BrN3O2/c13-8-3-1-2-7(4-8)11-15-12(18-16-11)10-5-9(17)6-14-10/h1-4,9-10,14,17H,5-6H2. The average Bonchev–Trinajstić information content (AvgIpc) is 2.97. The van der Waals surface area contributed by atoms with Crippen molar-refractivity contribution in [2.45, 2.75) is 18.6 Å². The van der Waals surface area contributed by atoms with E-state index in [1.165, 1.54) is 0 Å². The number of aliphatic hydroxyl groups is 1. The molecule has 0 aliphatic carbocycles. The first-order chi connectivity index (χ1) is 8.72. The lowest BCUT2D eigenvalue weighted by atomic mass is 10.2. The van der Waals surface area contributed by atoms with E-state index in [4.69, 9.17) is 4.52 Å². The SMILES string of the molecule is OC1CNC(c2nc(-c3cccc(Br)c3)no2)C1. The molecule has 94 valence electrons. The molecule has 2 atom stereocenters. The first-order valence-electron chi connectivity index (χ1n) is 5.73. The highest BCUT2D eigenvalue weighted by Crippen LogP contribution is 2.25. The maximum atomic E-state index is 9.46. The van der Waals surface area contributed by atoms with E-state index in [-0.39, 0.29) is 12.1 Å². The molecular formula is C12H12BrN3O2. The van der Waals surface area contributed by atoms with Crippen LogP contribution in [0.25, 0.3) is 11.4 Å². The first kappa shape index (κ1) is 11.8. The molecule has 2 aromatic rings. The van der Waals surface area contributed by atoms with Gasteiger partial charge in [0, 0.05) is 16.6 Å². The predicted octanol–water partition coefficient (Wildman–Crippen LogP) is 1.89. The third kappa shape index (κ3) is 2.31. The Morgan fingerprint density at radius 3 is 3.06 bits per heavy atom. The van der Waals surface area contributed by atoms with Gasteiger partial charge in [0.15, 0.2) is 0 Å². The zero-order chi connectivity index (χ0) is 12.5. The third-order valence-corrected chi connectivity index (χ3v) is 3.42. The fraction of sp³-hybridized carbons (Fsp3) is 0.333. The Morgan fingerprint density at radius 1 is 1.44 bits per heavy atom. The molecule has 1 saturated heterocycles. The minimum absolute atomic E-state index is 0.0478. The lowest BCUT2D eigenvalue weighted by Gasteiger charge is -2.01. The molecule has 1 aromatic carbocycles. The van der Waals surface area contributed by atoms with Crippen molar-refractivity contribution in [1.82, 2.24) is 15.5 Å². The Labute approximate surface area is 112 Å². The Hall–Kier alpha value is -1.24. The molecule has 1 aliphatic heterocycles. The van der Waals surface area contributed by atoms with Crippen LogP contribution < -0.4 is 5.32 Å². The summed E-state index contributed by atoms with van der Waals surface area (Å²) in [6.45, 7) is 0.569. The van der Waals surface area contributed by atoms with Crippen LogP contribution in [0.2, 0.25) is 0 Å². The fourth-order valence-corrected chi connectivity index (χ4v) is 2.43. The van der Waals surface area contributed by atoms with E-state index in [0.29, 0.717) is 24.7 Å². The first-order valence-corrected chi connectivity index (χ1v) is 6.52. The van der Waals surface area contributed by atoms with Crippen molar-refractivity contribution < 1.29 is 9.63 Å². The van der Waals surface area contributed by atoms with Crippen LogP contribution in [0.15, 0.2) is 33.3 Å². The number of aromatic nitrogens is 2. The van der Waals surface area contributed by atoms with Crippen molar-refractivity contribution in [1.29, 1.82) is 0 Å². The molecule has 2 unspecified atom stereocenters. The van der Waals surface area contributed by atoms with Gasteiger partial charge in [0.25, 0.3) is 0 Å². The number of β-amino-alcohol motifs (C(OH)–C–C–N with tert-alkyl or cyclic N) is 1. The molecule has 3 rings (SSSR count). The van der Waals surface area contributed by atoms with Gasteiger partial charge < -0.3 is 14.9 Å².